The molecular weight excluding hydrogens is 681 g/mol. The summed E-state index contributed by atoms with van der Waals surface area (Å²) in [6.07, 6.45) is 6.96. The predicted molar refractivity (Wildman–Crippen MR) is 148 cm³/mol. The van der Waals surface area contributed by atoms with E-state index in [-0.39, 0.29) is 125 Å². The van der Waals surface area contributed by atoms with Crippen LogP contribution in [0.1, 0.15) is 91.9 Å². The zero-order valence-corrected chi connectivity index (χ0v) is 36.0. The summed E-state index contributed by atoms with van der Waals surface area (Å²) in [5.41, 5.74) is 0.528. The minimum absolute atomic E-state index is 0. The smallest absolute Gasteiger partial charge is 0.726 e. The first-order valence-electron chi connectivity index (χ1n) is 14.8. The molecule has 4 aliphatic rings. The van der Waals surface area contributed by atoms with Crippen LogP contribution >= 0.6 is 0 Å². The minimum Gasteiger partial charge on any atom is -0.726 e. The van der Waals surface area contributed by atoms with E-state index in [1.165, 1.54) is 0 Å². The average molecular weight is 725 g/mol. The maximum absolute atomic E-state index is 11.5. The molecule has 0 saturated heterocycles. The van der Waals surface area contributed by atoms with Gasteiger partial charge in [-0.3, -0.25) is 12.5 Å². The van der Waals surface area contributed by atoms with E-state index in [4.69, 9.17) is 4.18 Å². The van der Waals surface area contributed by atoms with E-state index in [0.29, 0.717) is 23.7 Å². The quantitative estimate of drug-likeness (QED) is 0.0804. The third-order valence-corrected chi connectivity index (χ3v) is 12.6. The molecule has 3 fully saturated rings. The first kappa shape index (κ1) is 45.4. The summed E-state index contributed by atoms with van der Waals surface area (Å²) in [7, 11) is -15.0. The van der Waals surface area contributed by atoms with Crippen molar-refractivity contribution in [1.82, 2.24) is 0 Å². The summed E-state index contributed by atoms with van der Waals surface area (Å²) < 4.78 is 115. The van der Waals surface area contributed by atoms with Crippen LogP contribution in [0.25, 0.3) is 0 Å². The van der Waals surface area contributed by atoms with Crippen LogP contribution in [0.3, 0.4) is 0 Å². The van der Waals surface area contributed by atoms with Gasteiger partial charge in [0.2, 0.25) is 31.2 Å². The van der Waals surface area contributed by atoms with Gasteiger partial charge < -0.3 is 13.7 Å². The van der Waals surface area contributed by atoms with Gasteiger partial charge in [-0.2, -0.15) is 0 Å². The molecule has 45 heavy (non-hydrogen) atoms. The van der Waals surface area contributed by atoms with Gasteiger partial charge in [-0.25, -0.2) is 25.3 Å². The molecule has 0 amide bonds. The second-order valence-corrected chi connectivity index (χ2v) is 16.8. The van der Waals surface area contributed by atoms with Crippen molar-refractivity contribution in [2.45, 2.75) is 104 Å². The van der Waals surface area contributed by atoms with Crippen molar-refractivity contribution in [2.75, 3.05) is 6.61 Å². The molecule has 18 heteroatoms. The van der Waals surface area contributed by atoms with Crippen molar-refractivity contribution in [1.29, 1.82) is 0 Å². The van der Waals surface area contributed by atoms with Gasteiger partial charge in [0.15, 0.2) is 0 Å². The molecule has 4 rings (SSSR count). The standard InChI is InChI=1S/C27H46O12S3.3Na/c1-17(16-37-40(28,29)30)6-5-7-18(2)21-10-11-22-20-9-8-19-14-24(38-41(31,32)33)25(39-42(34,35)36)15-27(19,4)23(20)12-13-26(21,22)3;;;/h8,17-18,20-25H,5-7,9-16H2,1-4H3,(H,28,29,30)(H,31,32,33)(H,34,35,36);;;/q;3*+1/p-3/t17?,18-,20?,21-,22?,23?,24+,25+,26-,27+;;;/m1.../s1. The van der Waals surface area contributed by atoms with Gasteiger partial charge in [0.25, 0.3) is 0 Å². The summed E-state index contributed by atoms with van der Waals surface area (Å²) in [5, 5.41) is 0. The largest absolute Gasteiger partial charge is 1.00 e. The zero-order chi connectivity index (χ0) is 31.3. The Morgan fingerprint density at radius 3 is 2.02 bits per heavy atom. The van der Waals surface area contributed by atoms with Gasteiger partial charge in [-0.1, -0.05) is 52.2 Å². The first-order valence-corrected chi connectivity index (χ1v) is 18.8. The summed E-state index contributed by atoms with van der Waals surface area (Å²) in [6.45, 7) is 8.47. The van der Waals surface area contributed by atoms with Crippen molar-refractivity contribution >= 4 is 31.2 Å². The van der Waals surface area contributed by atoms with Crippen LogP contribution in [0.4, 0.5) is 0 Å². The molecule has 3 saturated carbocycles. The van der Waals surface area contributed by atoms with E-state index in [2.05, 4.69) is 28.3 Å². The van der Waals surface area contributed by atoms with E-state index in [9.17, 15) is 38.9 Å². The van der Waals surface area contributed by atoms with Crippen molar-refractivity contribution in [3.05, 3.63) is 11.6 Å². The molecule has 0 N–H and O–H groups in total. The molecule has 4 unspecified atom stereocenters. The third kappa shape index (κ3) is 11.4. The molecule has 244 valence electrons. The van der Waals surface area contributed by atoms with E-state index in [1.807, 2.05) is 13.8 Å². The Labute approximate surface area is 336 Å². The van der Waals surface area contributed by atoms with Gasteiger partial charge in [0, 0.05) is 0 Å². The number of hydrogen-bond acceptors (Lipinski definition) is 12. The van der Waals surface area contributed by atoms with Crippen LogP contribution < -0.4 is 88.7 Å². The molecule has 0 spiro atoms. The van der Waals surface area contributed by atoms with Crippen LogP contribution in [-0.2, 0) is 43.7 Å². The summed E-state index contributed by atoms with van der Waals surface area (Å²) in [4.78, 5) is 0. The first-order chi connectivity index (χ1) is 19.2. The van der Waals surface area contributed by atoms with Crippen molar-refractivity contribution in [2.24, 2.45) is 46.3 Å². The van der Waals surface area contributed by atoms with E-state index in [1.54, 1.807) is 0 Å². The molecule has 0 heterocycles. The van der Waals surface area contributed by atoms with Crippen molar-refractivity contribution in [3.63, 3.8) is 0 Å². The molecule has 4 aliphatic carbocycles. The Kier molecular flexibility index (Phi) is 17.4. The van der Waals surface area contributed by atoms with E-state index in [0.717, 1.165) is 56.9 Å². The van der Waals surface area contributed by atoms with Gasteiger partial charge in [-0.15, -0.1) is 0 Å². The van der Waals surface area contributed by atoms with Crippen LogP contribution in [0.5, 0.6) is 0 Å². The number of allylic oxidation sites excluding steroid dienone is 1. The fourth-order valence-corrected chi connectivity index (χ4v) is 10.8. The molecule has 0 aromatic heterocycles. The predicted octanol–water partition coefficient (Wildman–Crippen LogP) is -5.20. The Morgan fingerprint density at radius 1 is 0.844 bits per heavy atom. The zero-order valence-electron chi connectivity index (χ0n) is 27.6. The fraction of sp³-hybridized carbons (Fsp3) is 0.926. The molecule has 0 aromatic rings. The van der Waals surface area contributed by atoms with Crippen LogP contribution in [-0.4, -0.2) is 57.7 Å². The average Bonchev–Trinajstić information content (AvgIpc) is 3.18. The molecule has 0 aliphatic heterocycles. The molecule has 10 atom stereocenters. The monoisotopic (exact) mass is 724 g/mol. The van der Waals surface area contributed by atoms with Gasteiger partial charge >= 0.3 is 88.7 Å². The van der Waals surface area contributed by atoms with Crippen molar-refractivity contribution in [3.8, 4) is 0 Å². The third-order valence-electron chi connectivity index (χ3n) is 11.2. The molecule has 0 bridgehead atoms. The van der Waals surface area contributed by atoms with Crippen LogP contribution in [0.15, 0.2) is 11.6 Å². The summed E-state index contributed by atoms with van der Waals surface area (Å²) in [6, 6.07) is 0. The molecule has 0 radical (unpaired) electrons. The minimum atomic E-state index is -5.16. The maximum atomic E-state index is 11.5. The Bertz CT molecular complexity index is 1360. The van der Waals surface area contributed by atoms with Crippen molar-refractivity contribution < 1.29 is 140 Å². The van der Waals surface area contributed by atoms with E-state index < -0.39 is 48.8 Å². The Hall–Kier alpha value is 2.35. The topological polar surface area (TPSA) is 199 Å². The fourth-order valence-electron chi connectivity index (χ4n) is 9.40. The van der Waals surface area contributed by atoms with Gasteiger partial charge in [-0.05, 0) is 97.7 Å². The number of rotatable bonds is 12. The van der Waals surface area contributed by atoms with E-state index >= 15 is 0 Å². The SMILES string of the molecule is CC(CCC[C@@H](C)[C@H]1CCC2C3CC=C4C[C@H](OS(=O)(=O)[O-])[C@@H](OS(=O)(=O)[O-])C[C@]4(C)C3CC[C@@]21C)COS(=O)(=O)[O-].[Na+].[Na+].[Na+]. The number of hydrogen-bond donors (Lipinski definition) is 0. The summed E-state index contributed by atoms with van der Waals surface area (Å²) >= 11 is 0. The number of fused-ring (bicyclic) bond motifs is 5. The molecule has 12 nitrogen and oxygen atoms in total. The Morgan fingerprint density at radius 2 is 1.44 bits per heavy atom. The summed E-state index contributed by atoms with van der Waals surface area (Å²) in [5.74, 6) is 1.92. The maximum Gasteiger partial charge on any atom is 1.00 e. The molecule has 0 aromatic carbocycles. The Balaban J connectivity index is 0.00000337. The second kappa shape index (κ2) is 17.2. The van der Waals surface area contributed by atoms with Crippen LogP contribution in [0.2, 0.25) is 0 Å². The second-order valence-electron chi connectivity index (χ2n) is 13.7. The van der Waals surface area contributed by atoms with Crippen LogP contribution in [0, 0.1) is 46.3 Å². The molecular formula is C27H43Na3O12S3. The van der Waals surface area contributed by atoms with Gasteiger partial charge in [0.1, 0.15) is 12.2 Å². The normalized spacial score (nSPS) is 36.0. The van der Waals surface area contributed by atoms with Gasteiger partial charge in [0.05, 0.1) is 6.61 Å².